The van der Waals surface area contributed by atoms with Crippen LogP contribution in [0.4, 0.5) is 5.69 Å². The summed E-state index contributed by atoms with van der Waals surface area (Å²) in [7, 11) is 5.56. The van der Waals surface area contributed by atoms with Gasteiger partial charge in [0.2, 0.25) is 5.91 Å². The third-order valence-corrected chi connectivity index (χ3v) is 2.69. The van der Waals surface area contributed by atoms with Crippen LogP contribution in [0.5, 0.6) is 0 Å². The third-order valence-electron chi connectivity index (χ3n) is 2.69. The van der Waals surface area contributed by atoms with E-state index in [1.54, 1.807) is 11.9 Å². The van der Waals surface area contributed by atoms with Crippen LogP contribution in [0.2, 0.25) is 0 Å². The van der Waals surface area contributed by atoms with E-state index in [0.717, 1.165) is 11.3 Å². The molecular weight excluding hydrogens is 212 g/mol. The van der Waals surface area contributed by atoms with E-state index in [1.165, 1.54) is 0 Å². The SMILES string of the molecule is C=C(C)[C@@H](C(=O)N(C)c1ccccc1)N(C)C. The van der Waals surface area contributed by atoms with Crippen LogP contribution in [-0.2, 0) is 4.79 Å². The molecule has 3 nitrogen and oxygen atoms in total. The van der Waals surface area contributed by atoms with Gasteiger partial charge in [0.05, 0.1) is 0 Å². The minimum absolute atomic E-state index is 0.0358. The van der Waals surface area contributed by atoms with E-state index < -0.39 is 0 Å². The Labute approximate surface area is 103 Å². The van der Waals surface area contributed by atoms with Crippen molar-refractivity contribution in [2.75, 3.05) is 26.0 Å². The first-order valence-corrected chi connectivity index (χ1v) is 5.59. The Morgan fingerprint density at radius 2 is 1.71 bits per heavy atom. The number of benzene rings is 1. The van der Waals surface area contributed by atoms with Gasteiger partial charge in [-0.15, -0.1) is 0 Å². The first-order valence-electron chi connectivity index (χ1n) is 5.59. The molecule has 0 aromatic heterocycles. The number of rotatable bonds is 4. The maximum absolute atomic E-state index is 12.4. The van der Waals surface area contributed by atoms with Gasteiger partial charge in [0, 0.05) is 12.7 Å². The average Bonchev–Trinajstić information content (AvgIpc) is 2.28. The lowest BCUT2D eigenvalue weighted by molar-refractivity contribution is -0.121. The first-order chi connectivity index (χ1) is 7.95. The second-order valence-corrected chi connectivity index (χ2v) is 4.45. The van der Waals surface area contributed by atoms with Gasteiger partial charge in [-0.25, -0.2) is 0 Å². The van der Waals surface area contributed by atoms with Gasteiger partial charge in [-0.05, 0) is 33.2 Å². The Bertz CT molecular complexity index is 398. The quantitative estimate of drug-likeness (QED) is 0.743. The molecule has 1 amide bonds. The van der Waals surface area contributed by atoms with E-state index in [4.69, 9.17) is 0 Å². The summed E-state index contributed by atoms with van der Waals surface area (Å²) in [6, 6.07) is 9.34. The van der Waals surface area contributed by atoms with Gasteiger partial charge in [0.1, 0.15) is 6.04 Å². The molecule has 1 aromatic rings. The minimum atomic E-state index is -0.278. The summed E-state index contributed by atoms with van der Waals surface area (Å²) in [5, 5.41) is 0. The summed E-state index contributed by atoms with van der Waals surface area (Å²) in [5.41, 5.74) is 1.74. The Morgan fingerprint density at radius 1 is 1.18 bits per heavy atom. The highest BCUT2D eigenvalue weighted by Gasteiger charge is 2.25. The van der Waals surface area contributed by atoms with Crippen LogP contribution in [0.25, 0.3) is 0 Å². The molecule has 0 bridgehead atoms. The van der Waals surface area contributed by atoms with E-state index in [9.17, 15) is 4.79 Å². The summed E-state index contributed by atoms with van der Waals surface area (Å²) in [5.74, 6) is 0.0358. The molecule has 92 valence electrons. The molecule has 1 rings (SSSR count). The highest BCUT2D eigenvalue weighted by molar-refractivity contribution is 5.98. The zero-order valence-electron chi connectivity index (χ0n) is 11.0. The van der Waals surface area contributed by atoms with Crippen LogP contribution in [0, 0.1) is 0 Å². The van der Waals surface area contributed by atoms with E-state index in [2.05, 4.69) is 6.58 Å². The van der Waals surface area contributed by atoms with Crippen LogP contribution >= 0.6 is 0 Å². The lowest BCUT2D eigenvalue weighted by atomic mass is 10.1. The zero-order valence-corrected chi connectivity index (χ0v) is 11.0. The maximum atomic E-state index is 12.4. The van der Waals surface area contributed by atoms with Crippen LogP contribution < -0.4 is 4.90 Å². The monoisotopic (exact) mass is 232 g/mol. The van der Waals surface area contributed by atoms with Crippen LogP contribution in [-0.4, -0.2) is 38.0 Å². The highest BCUT2D eigenvalue weighted by atomic mass is 16.2. The molecule has 0 unspecified atom stereocenters. The number of nitrogens with zero attached hydrogens (tertiary/aromatic N) is 2. The topological polar surface area (TPSA) is 23.6 Å². The van der Waals surface area contributed by atoms with Crippen LogP contribution in [0.3, 0.4) is 0 Å². The van der Waals surface area contributed by atoms with Gasteiger partial charge in [-0.2, -0.15) is 0 Å². The minimum Gasteiger partial charge on any atom is -0.314 e. The molecule has 0 aliphatic rings. The van der Waals surface area contributed by atoms with E-state index >= 15 is 0 Å². The van der Waals surface area contributed by atoms with Gasteiger partial charge >= 0.3 is 0 Å². The third kappa shape index (κ3) is 3.17. The molecule has 1 atom stereocenters. The zero-order chi connectivity index (χ0) is 13.0. The number of amides is 1. The first kappa shape index (κ1) is 13.5. The maximum Gasteiger partial charge on any atom is 0.248 e. The Kier molecular flexibility index (Phi) is 4.46. The number of hydrogen-bond acceptors (Lipinski definition) is 2. The second kappa shape index (κ2) is 5.64. The van der Waals surface area contributed by atoms with Gasteiger partial charge in [0.25, 0.3) is 0 Å². The lowest BCUT2D eigenvalue weighted by Gasteiger charge is -2.28. The van der Waals surface area contributed by atoms with Crippen LogP contribution in [0.1, 0.15) is 6.92 Å². The summed E-state index contributed by atoms with van der Waals surface area (Å²) in [4.78, 5) is 15.9. The standard InChI is InChI=1S/C14H20N2O/c1-11(2)13(15(3)4)14(17)16(5)12-9-7-6-8-10-12/h6-10,13H,1H2,2-5H3/t13-/m0/s1. The lowest BCUT2D eigenvalue weighted by Crippen LogP contribution is -2.45. The number of likely N-dealkylation sites (N-methyl/N-ethyl adjacent to an activating group) is 2. The molecule has 0 spiro atoms. The van der Waals surface area contributed by atoms with Crippen molar-refractivity contribution in [1.82, 2.24) is 4.90 Å². The van der Waals surface area contributed by atoms with Gasteiger partial charge < -0.3 is 4.90 Å². The molecule has 0 radical (unpaired) electrons. The normalized spacial score (nSPS) is 12.3. The smallest absolute Gasteiger partial charge is 0.248 e. The van der Waals surface area contributed by atoms with Gasteiger partial charge in [0.15, 0.2) is 0 Å². The fourth-order valence-electron chi connectivity index (χ4n) is 1.83. The number of para-hydroxylation sites is 1. The van der Waals surface area contributed by atoms with Crippen molar-refractivity contribution in [2.24, 2.45) is 0 Å². The predicted octanol–water partition coefficient (Wildman–Crippen LogP) is 2.16. The molecule has 0 N–H and O–H groups in total. The summed E-state index contributed by atoms with van der Waals surface area (Å²) in [6.45, 7) is 5.76. The molecule has 0 fully saturated rings. The van der Waals surface area contributed by atoms with E-state index in [0.29, 0.717) is 0 Å². The number of anilines is 1. The van der Waals surface area contributed by atoms with Crippen molar-refractivity contribution >= 4 is 11.6 Å². The Hall–Kier alpha value is -1.61. The van der Waals surface area contributed by atoms with Gasteiger partial charge in [-0.1, -0.05) is 30.4 Å². The Morgan fingerprint density at radius 3 is 2.12 bits per heavy atom. The van der Waals surface area contributed by atoms with Crippen molar-refractivity contribution in [1.29, 1.82) is 0 Å². The van der Waals surface area contributed by atoms with Crippen molar-refractivity contribution in [3.8, 4) is 0 Å². The number of carbonyl (C=O) groups excluding carboxylic acids is 1. The van der Waals surface area contributed by atoms with E-state index in [1.807, 2.05) is 56.3 Å². The molecule has 0 heterocycles. The average molecular weight is 232 g/mol. The van der Waals surface area contributed by atoms with Crippen molar-refractivity contribution in [3.05, 3.63) is 42.5 Å². The summed E-state index contributed by atoms with van der Waals surface area (Å²) < 4.78 is 0. The fraction of sp³-hybridized carbons (Fsp3) is 0.357. The van der Waals surface area contributed by atoms with Crippen molar-refractivity contribution in [2.45, 2.75) is 13.0 Å². The summed E-state index contributed by atoms with van der Waals surface area (Å²) >= 11 is 0. The van der Waals surface area contributed by atoms with E-state index in [-0.39, 0.29) is 11.9 Å². The molecule has 0 aliphatic carbocycles. The fourth-order valence-corrected chi connectivity index (χ4v) is 1.83. The van der Waals surface area contributed by atoms with Crippen molar-refractivity contribution in [3.63, 3.8) is 0 Å². The number of hydrogen-bond donors (Lipinski definition) is 0. The molecule has 0 aliphatic heterocycles. The molecular formula is C14H20N2O. The summed E-state index contributed by atoms with van der Waals surface area (Å²) in [6.07, 6.45) is 0. The molecule has 3 heteroatoms. The highest BCUT2D eigenvalue weighted by Crippen LogP contribution is 2.16. The largest absolute Gasteiger partial charge is 0.314 e. The molecule has 0 saturated heterocycles. The second-order valence-electron chi connectivity index (χ2n) is 4.45. The van der Waals surface area contributed by atoms with Crippen LogP contribution in [0.15, 0.2) is 42.5 Å². The Balaban J connectivity index is 2.92. The number of carbonyl (C=O) groups is 1. The van der Waals surface area contributed by atoms with Crippen molar-refractivity contribution < 1.29 is 4.79 Å². The predicted molar refractivity (Wildman–Crippen MR) is 72.1 cm³/mol. The molecule has 17 heavy (non-hydrogen) atoms. The van der Waals surface area contributed by atoms with Gasteiger partial charge in [-0.3, -0.25) is 9.69 Å². The molecule has 0 saturated carbocycles. The molecule has 1 aromatic carbocycles.